The first kappa shape index (κ1) is 16.7. The average molecular weight is 298 g/mol. The molecule has 0 aromatic heterocycles. The summed E-state index contributed by atoms with van der Waals surface area (Å²) in [5, 5.41) is 9.85. The molecular weight excluding hydrogens is 268 g/mol. The molecule has 1 amide bonds. The Kier molecular flexibility index (Phi) is 6.93. The number of aliphatic hydroxyl groups is 1. The predicted molar refractivity (Wildman–Crippen MR) is 82.1 cm³/mol. The van der Waals surface area contributed by atoms with E-state index >= 15 is 0 Å². The Bertz CT molecular complexity index is 311. The highest BCUT2D eigenvalue weighted by molar-refractivity contribution is 5.76. The van der Waals surface area contributed by atoms with Crippen molar-refractivity contribution in [2.75, 3.05) is 45.9 Å². The number of ether oxygens (including phenoxy) is 1. The number of carbonyl (C=O) groups excluding carboxylic acids is 1. The van der Waals surface area contributed by atoms with Gasteiger partial charge in [0.05, 0.1) is 12.7 Å². The van der Waals surface area contributed by atoms with Crippen molar-refractivity contribution in [3.63, 3.8) is 0 Å². The van der Waals surface area contributed by atoms with Crippen LogP contribution in [0.5, 0.6) is 0 Å². The summed E-state index contributed by atoms with van der Waals surface area (Å²) in [5.41, 5.74) is 0. The molecule has 1 aliphatic heterocycles. The number of piperazine rings is 1. The molecule has 0 spiro atoms. The summed E-state index contributed by atoms with van der Waals surface area (Å²) in [7, 11) is 0. The maximum Gasteiger partial charge on any atom is 0.222 e. The van der Waals surface area contributed by atoms with E-state index in [0.29, 0.717) is 31.6 Å². The lowest BCUT2D eigenvalue weighted by atomic mass is 10.0. The summed E-state index contributed by atoms with van der Waals surface area (Å²) in [5.74, 6) is 0.958. The first-order valence-corrected chi connectivity index (χ1v) is 8.45. The van der Waals surface area contributed by atoms with Crippen LogP contribution in [0.1, 0.15) is 39.0 Å². The fourth-order valence-corrected chi connectivity index (χ4v) is 3.38. The molecule has 0 bridgehead atoms. The minimum absolute atomic E-state index is 0.330. The molecule has 0 aromatic carbocycles. The topological polar surface area (TPSA) is 53.0 Å². The van der Waals surface area contributed by atoms with Gasteiger partial charge in [0, 0.05) is 45.8 Å². The molecule has 2 aliphatic rings. The van der Waals surface area contributed by atoms with E-state index in [2.05, 4.69) is 4.90 Å². The molecule has 0 aromatic rings. The fourth-order valence-electron chi connectivity index (χ4n) is 3.38. The van der Waals surface area contributed by atoms with Gasteiger partial charge in [0.25, 0.3) is 0 Å². The van der Waals surface area contributed by atoms with Crippen LogP contribution in [0.3, 0.4) is 0 Å². The smallest absolute Gasteiger partial charge is 0.222 e. The zero-order chi connectivity index (χ0) is 15.1. The van der Waals surface area contributed by atoms with Crippen LogP contribution in [0.4, 0.5) is 0 Å². The Morgan fingerprint density at radius 3 is 2.52 bits per heavy atom. The number of hydrogen-bond acceptors (Lipinski definition) is 4. The van der Waals surface area contributed by atoms with Gasteiger partial charge in [0.1, 0.15) is 0 Å². The largest absolute Gasteiger partial charge is 0.389 e. The molecule has 122 valence electrons. The van der Waals surface area contributed by atoms with Crippen molar-refractivity contribution in [1.29, 1.82) is 0 Å². The number of amides is 1. The van der Waals surface area contributed by atoms with Gasteiger partial charge in [0.2, 0.25) is 5.91 Å². The lowest BCUT2D eigenvalue weighted by Gasteiger charge is -2.36. The van der Waals surface area contributed by atoms with Gasteiger partial charge >= 0.3 is 0 Å². The Hall–Kier alpha value is -0.650. The van der Waals surface area contributed by atoms with Crippen molar-refractivity contribution in [2.24, 2.45) is 5.92 Å². The predicted octanol–water partition coefficient (Wildman–Crippen LogP) is 1.11. The van der Waals surface area contributed by atoms with Crippen LogP contribution >= 0.6 is 0 Å². The van der Waals surface area contributed by atoms with E-state index in [4.69, 9.17) is 4.74 Å². The minimum atomic E-state index is -0.425. The third-order valence-electron chi connectivity index (χ3n) is 4.65. The van der Waals surface area contributed by atoms with Crippen molar-refractivity contribution < 1.29 is 14.6 Å². The summed E-state index contributed by atoms with van der Waals surface area (Å²) in [6.45, 7) is 6.93. The van der Waals surface area contributed by atoms with Crippen LogP contribution in [0.25, 0.3) is 0 Å². The Morgan fingerprint density at radius 1 is 1.24 bits per heavy atom. The van der Waals surface area contributed by atoms with E-state index in [1.165, 1.54) is 25.7 Å². The van der Waals surface area contributed by atoms with Gasteiger partial charge < -0.3 is 14.7 Å². The monoisotopic (exact) mass is 298 g/mol. The van der Waals surface area contributed by atoms with Crippen molar-refractivity contribution in [3.05, 3.63) is 0 Å². The van der Waals surface area contributed by atoms with E-state index in [1.807, 2.05) is 11.8 Å². The Morgan fingerprint density at radius 2 is 1.90 bits per heavy atom. The highest BCUT2D eigenvalue weighted by atomic mass is 16.5. The van der Waals surface area contributed by atoms with Crippen LogP contribution in [0, 0.1) is 5.92 Å². The quantitative estimate of drug-likeness (QED) is 0.765. The second-order valence-electron chi connectivity index (χ2n) is 6.35. The van der Waals surface area contributed by atoms with Gasteiger partial charge in [-0.05, 0) is 25.7 Å². The second-order valence-corrected chi connectivity index (χ2v) is 6.35. The molecule has 1 N–H and O–H groups in total. The zero-order valence-corrected chi connectivity index (χ0v) is 13.3. The molecule has 5 heteroatoms. The molecule has 1 saturated heterocycles. The number of rotatable bonds is 7. The Labute approximate surface area is 128 Å². The third kappa shape index (κ3) is 5.57. The van der Waals surface area contributed by atoms with Crippen LogP contribution in [0.15, 0.2) is 0 Å². The molecule has 1 aliphatic carbocycles. The second kappa shape index (κ2) is 8.71. The molecule has 1 atom stereocenters. The summed E-state index contributed by atoms with van der Waals surface area (Å²) in [4.78, 5) is 16.5. The molecule has 2 rings (SSSR count). The number of aliphatic hydroxyl groups excluding tert-OH is 1. The Balaban J connectivity index is 1.64. The number of carbonyl (C=O) groups is 1. The van der Waals surface area contributed by atoms with Gasteiger partial charge in [-0.1, -0.05) is 12.8 Å². The first-order chi connectivity index (χ1) is 10.2. The molecule has 21 heavy (non-hydrogen) atoms. The van der Waals surface area contributed by atoms with E-state index in [-0.39, 0.29) is 0 Å². The SMILES string of the molecule is CCOC[C@@H](O)CN1CCN(C(=O)CC2CCCC2)CC1. The van der Waals surface area contributed by atoms with Gasteiger partial charge in [-0.15, -0.1) is 0 Å². The van der Waals surface area contributed by atoms with Crippen LogP contribution in [0.2, 0.25) is 0 Å². The number of hydrogen-bond donors (Lipinski definition) is 1. The van der Waals surface area contributed by atoms with Gasteiger partial charge in [0.15, 0.2) is 0 Å². The lowest BCUT2D eigenvalue weighted by molar-refractivity contribution is -0.134. The van der Waals surface area contributed by atoms with Crippen molar-refractivity contribution in [3.8, 4) is 0 Å². The maximum atomic E-state index is 12.3. The van der Waals surface area contributed by atoms with Crippen molar-refractivity contribution >= 4 is 5.91 Å². The van der Waals surface area contributed by atoms with E-state index < -0.39 is 6.10 Å². The first-order valence-electron chi connectivity index (χ1n) is 8.45. The van der Waals surface area contributed by atoms with Gasteiger partial charge in [-0.25, -0.2) is 0 Å². The van der Waals surface area contributed by atoms with Gasteiger partial charge in [-0.2, -0.15) is 0 Å². The highest BCUT2D eigenvalue weighted by Crippen LogP contribution is 2.28. The summed E-state index contributed by atoms with van der Waals surface area (Å²) >= 11 is 0. The molecule has 0 unspecified atom stereocenters. The van der Waals surface area contributed by atoms with Crippen molar-refractivity contribution in [1.82, 2.24) is 9.80 Å². The summed E-state index contributed by atoms with van der Waals surface area (Å²) in [6.07, 6.45) is 5.37. The molecule has 2 fully saturated rings. The average Bonchev–Trinajstić information content (AvgIpc) is 2.98. The molecule has 0 radical (unpaired) electrons. The summed E-state index contributed by atoms with van der Waals surface area (Å²) < 4.78 is 5.23. The summed E-state index contributed by atoms with van der Waals surface area (Å²) in [6, 6.07) is 0. The van der Waals surface area contributed by atoms with E-state index in [1.54, 1.807) is 0 Å². The maximum absolute atomic E-state index is 12.3. The van der Waals surface area contributed by atoms with E-state index in [0.717, 1.165) is 32.6 Å². The standard InChI is InChI=1S/C16H30N2O3/c1-2-21-13-15(19)12-17-7-9-18(10-8-17)16(20)11-14-5-3-4-6-14/h14-15,19H,2-13H2,1H3/t15-/m0/s1. The zero-order valence-electron chi connectivity index (χ0n) is 13.3. The molecule has 1 saturated carbocycles. The lowest BCUT2D eigenvalue weighted by Crippen LogP contribution is -2.51. The minimum Gasteiger partial charge on any atom is -0.389 e. The number of nitrogens with zero attached hydrogens (tertiary/aromatic N) is 2. The number of β-amino-alcohol motifs (C(OH)–C–C–N with tert-alkyl or cyclic N) is 1. The molecule has 5 nitrogen and oxygen atoms in total. The van der Waals surface area contributed by atoms with Crippen molar-refractivity contribution in [2.45, 2.75) is 45.1 Å². The molecular formula is C16H30N2O3. The highest BCUT2D eigenvalue weighted by Gasteiger charge is 2.25. The fraction of sp³-hybridized carbons (Fsp3) is 0.938. The molecule has 1 heterocycles. The van der Waals surface area contributed by atoms with Crippen LogP contribution in [-0.2, 0) is 9.53 Å². The van der Waals surface area contributed by atoms with Crippen LogP contribution in [-0.4, -0.2) is 72.9 Å². The van der Waals surface area contributed by atoms with Gasteiger partial charge in [-0.3, -0.25) is 9.69 Å². The normalized spacial score (nSPS) is 22.7. The van der Waals surface area contributed by atoms with Crippen LogP contribution < -0.4 is 0 Å². The van der Waals surface area contributed by atoms with E-state index in [9.17, 15) is 9.90 Å². The third-order valence-corrected chi connectivity index (χ3v) is 4.65.